The van der Waals surface area contributed by atoms with Crippen molar-refractivity contribution >= 4 is 34.0 Å². The van der Waals surface area contributed by atoms with E-state index >= 15 is 0 Å². The Morgan fingerprint density at radius 1 is 1.19 bits per heavy atom. The summed E-state index contributed by atoms with van der Waals surface area (Å²) in [5, 5.41) is 3.26. The van der Waals surface area contributed by atoms with Crippen LogP contribution in [0.3, 0.4) is 0 Å². The van der Waals surface area contributed by atoms with E-state index in [4.69, 9.17) is 16.3 Å². The van der Waals surface area contributed by atoms with E-state index in [1.54, 1.807) is 48.7 Å². The molecule has 0 aliphatic carbocycles. The summed E-state index contributed by atoms with van der Waals surface area (Å²) in [7, 11) is 0.439. The highest BCUT2D eigenvalue weighted by molar-refractivity contribution is 7.84. The van der Waals surface area contributed by atoms with Gasteiger partial charge in [0, 0.05) is 32.7 Å². The number of nitrogens with one attached hydrogen (secondary N) is 1. The molecular weight excluding hydrogens is 310 g/mol. The second-order valence-corrected chi connectivity index (χ2v) is 6.09. The maximum atomic E-state index is 12.2. The van der Waals surface area contributed by atoms with Crippen LogP contribution in [-0.4, -0.2) is 23.5 Å². The molecule has 0 saturated carbocycles. The molecule has 0 fully saturated rings. The number of carbonyl (C=O) groups is 1. The molecule has 21 heavy (non-hydrogen) atoms. The predicted octanol–water partition coefficient (Wildman–Crippen LogP) is 3.34. The fourth-order valence-corrected chi connectivity index (χ4v) is 2.46. The zero-order valence-electron chi connectivity index (χ0n) is 11.6. The number of rotatable bonds is 4. The van der Waals surface area contributed by atoms with Gasteiger partial charge in [-0.2, -0.15) is 0 Å². The molecule has 1 N–H and O–H groups in total. The number of methoxy groups -OCH3 is 1. The van der Waals surface area contributed by atoms with Crippen LogP contribution in [0.4, 0.5) is 5.69 Å². The van der Waals surface area contributed by atoms with Crippen molar-refractivity contribution in [1.29, 1.82) is 0 Å². The molecule has 6 heteroatoms. The first-order chi connectivity index (χ1) is 10.0. The number of anilines is 1. The molecule has 0 aliphatic rings. The molecule has 0 saturated heterocycles. The van der Waals surface area contributed by atoms with Crippen LogP contribution in [0.15, 0.2) is 47.4 Å². The van der Waals surface area contributed by atoms with E-state index < -0.39 is 10.8 Å². The summed E-state index contributed by atoms with van der Waals surface area (Å²) >= 11 is 5.87. The number of amides is 1. The summed E-state index contributed by atoms with van der Waals surface area (Å²) in [6.07, 6.45) is 1.60. The van der Waals surface area contributed by atoms with E-state index in [-0.39, 0.29) is 5.91 Å². The van der Waals surface area contributed by atoms with Crippen molar-refractivity contribution in [1.82, 2.24) is 0 Å². The van der Waals surface area contributed by atoms with Gasteiger partial charge in [0.05, 0.1) is 12.7 Å². The molecule has 2 rings (SSSR count). The van der Waals surface area contributed by atoms with Crippen LogP contribution < -0.4 is 10.1 Å². The molecule has 2 aromatic carbocycles. The normalized spacial score (nSPS) is 11.8. The average Bonchev–Trinajstić information content (AvgIpc) is 2.47. The van der Waals surface area contributed by atoms with Gasteiger partial charge in [0.1, 0.15) is 5.75 Å². The number of benzene rings is 2. The topological polar surface area (TPSA) is 55.4 Å². The van der Waals surface area contributed by atoms with Crippen LogP contribution in [-0.2, 0) is 10.8 Å². The van der Waals surface area contributed by atoms with Crippen molar-refractivity contribution in [2.45, 2.75) is 4.90 Å². The molecular formula is C15H14ClNO3S. The van der Waals surface area contributed by atoms with Crippen LogP contribution in [0.1, 0.15) is 10.4 Å². The highest BCUT2D eigenvalue weighted by Crippen LogP contribution is 2.24. The zero-order chi connectivity index (χ0) is 15.4. The lowest BCUT2D eigenvalue weighted by molar-refractivity contribution is 0.102. The van der Waals surface area contributed by atoms with Crippen LogP contribution in [0.2, 0.25) is 5.02 Å². The standard InChI is InChI=1S/C15H14ClNO3S/c1-20-14-9-10(16)3-8-13(14)15(18)17-11-4-6-12(7-5-11)21(2)19/h3-9H,1-2H3,(H,17,18). The Labute approximate surface area is 130 Å². The Kier molecular flexibility index (Phi) is 4.98. The van der Waals surface area contributed by atoms with Crippen molar-refractivity contribution in [3.8, 4) is 5.75 Å². The lowest BCUT2D eigenvalue weighted by atomic mass is 10.2. The predicted molar refractivity (Wildman–Crippen MR) is 84.7 cm³/mol. The number of hydrogen-bond acceptors (Lipinski definition) is 3. The third kappa shape index (κ3) is 3.83. The van der Waals surface area contributed by atoms with Crippen molar-refractivity contribution in [2.75, 3.05) is 18.7 Å². The monoisotopic (exact) mass is 323 g/mol. The second kappa shape index (κ2) is 6.74. The summed E-state index contributed by atoms with van der Waals surface area (Å²) in [5.41, 5.74) is 1.01. The van der Waals surface area contributed by atoms with Crippen molar-refractivity contribution < 1.29 is 13.7 Å². The first kappa shape index (κ1) is 15.5. The van der Waals surface area contributed by atoms with Gasteiger partial charge in [-0.3, -0.25) is 9.00 Å². The van der Waals surface area contributed by atoms with E-state index in [1.807, 2.05) is 0 Å². The van der Waals surface area contributed by atoms with Gasteiger partial charge in [0.2, 0.25) is 0 Å². The van der Waals surface area contributed by atoms with Crippen LogP contribution >= 0.6 is 11.6 Å². The Balaban J connectivity index is 2.19. The van der Waals surface area contributed by atoms with Crippen molar-refractivity contribution in [3.63, 3.8) is 0 Å². The van der Waals surface area contributed by atoms with E-state index in [2.05, 4.69) is 5.32 Å². The molecule has 110 valence electrons. The maximum absolute atomic E-state index is 12.2. The molecule has 2 aromatic rings. The van der Waals surface area contributed by atoms with Crippen LogP contribution in [0.5, 0.6) is 5.75 Å². The molecule has 0 aromatic heterocycles. The summed E-state index contributed by atoms with van der Waals surface area (Å²) < 4.78 is 16.5. The molecule has 0 heterocycles. The lowest BCUT2D eigenvalue weighted by Gasteiger charge is -2.10. The molecule has 1 amide bonds. The first-order valence-electron chi connectivity index (χ1n) is 6.09. The fourth-order valence-electron chi connectivity index (χ4n) is 1.78. The van der Waals surface area contributed by atoms with E-state index in [1.165, 1.54) is 7.11 Å². The lowest BCUT2D eigenvalue weighted by Crippen LogP contribution is -2.13. The Morgan fingerprint density at radius 2 is 1.86 bits per heavy atom. The Hall–Kier alpha value is -1.85. The summed E-state index contributed by atoms with van der Waals surface area (Å²) in [5.74, 6) is 0.111. The van der Waals surface area contributed by atoms with Crippen LogP contribution in [0, 0.1) is 0 Å². The molecule has 1 atom stereocenters. The molecule has 0 spiro atoms. The van der Waals surface area contributed by atoms with Gasteiger partial charge in [-0.1, -0.05) is 11.6 Å². The summed E-state index contributed by atoms with van der Waals surface area (Å²) in [4.78, 5) is 12.9. The maximum Gasteiger partial charge on any atom is 0.259 e. The summed E-state index contributed by atoms with van der Waals surface area (Å²) in [6.45, 7) is 0. The average molecular weight is 324 g/mol. The number of halogens is 1. The SMILES string of the molecule is COc1cc(Cl)ccc1C(=O)Nc1ccc(S(C)=O)cc1. The van der Waals surface area contributed by atoms with E-state index in [0.29, 0.717) is 26.9 Å². The highest BCUT2D eigenvalue weighted by atomic mass is 35.5. The van der Waals surface area contributed by atoms with Gasteiger partial charge in [-0.15, -0.1) is 0 Å². The number of hydrogen-bond donors (Lipinski definition) is 1. The van der Waals surface area contributed by atoms with Crippen molar-refractivity contribution in [2.24, 2.45) is 0 Å². The van der Waals surface area contributed by atoms with Gasteiger partial charge in [-0.25, -0.2) is 0 Å². The Morgan fingerprint density at radius 3 is 2.43 bits per heavy atom. The van der Waals surface area contributed by atoms with Gasteiger partial charge in [-0.05, 0) is 42.5 Å². The van der Waals surface area contributed by atoms with E-state index in [9.17, 15) is 9.00 Å². The number of carbonyl (C=O) groups excluding carboxylic acids is 1. The smallest absolute Gasteiger partial charge is 0.259 e. The minimum Gasteiger partial charge on any atom is -0.496 e. The van der Waals surface area contributed by atoms with Crippen molar-refractivity contribution in [3.05, 3.63) is 53.1 Å². The van der Waals surface area contributed by atoms with Gasteiger partial charge in [0.25, 0.3) is 5.91 Å². The molecule has 0 aliphatic heterocycles. The molecule has 0 radical (unpaired) electrons. The van der Waals surface area contributed by atoms with Gasteiger partial charge in [0.15, 0.2) is 0 Å². The van der Waals surface area contributed by atoms with Gasteiger partial charge >= 0.3 is 0 Å². The molecule has 1 unspecified atom stereocenters. The third-order valence-corrected chi connectivity index (χ3v) is 4.02. The number of ether oxygens (including phenoxy) is 1. The quantitative estimate of drug-likeness (QED) is 0.939. The minimum absolute atomic E-state index is 0.297. The zero-order valence-corrected chi connectivity index (χ0v) is 13.1. The highest BCUT2D eigenvalue weighted by Gasteiger charge is 2.13. The second-order valence-electron chi connectivity index (χ2n) is 4.28. The van der Waals surface area contributed by atoms with E-state index in [0.717, 1.165) is 0 Å². The van der Waals surface area contributed by atoms with Crippen LogP contribution in [0.25, 0.3) is 0 Å². The first-order valence-corrected chi connectivity index (χ1v) is 8.03. The third-order valence-electron chi connectivity index (χ3n) is 2.85. The minimum atomic E-state index is -1.04. The molecule has 4 nitrogen and oxygen atoms in total. The summed E-state index contributed by atoms with van der Waals surface area (Å²) in [6, 6.07) is 11.7. The van der Waals surface area contributed by atoms with Gasteiger partial charge < -0.3 is 10.1 Å². The fraction of sp³-hybridized carbons (Fsp3) is 0.133. The molecule has 0 bridgehead atoms. The Bertz CT molecular complexity index is 686. The largest absolute Gasteiger partial charge is 0.496 e.